The Labute approximate surface area is 331 Å². The quantitative estimate of drug-likeness (QED) is 0.160. The molecular formula is C51H34BN5. The van der Waals surface area contributed by atoms with Crippen LogP contribution in [0.25, 0.3) is 72.8 Å². The summed E-state index contributed by atoms with van der Waals surface area (Å²) >= 11 is 0. The number of aromatic nitrogens is 4. The van der Waals surface area contributed by atoms with Gasteiger partial charge in [-0.2, -0.15) is 9.97 Å². The zero-order valence-corrected chi connectivity index (χ0v) is 30.9. The van der Waals surface area contributed by atoms with Gasteiger partial charge in [-0.25, -0.2) is 4.98 Å². The minimum absolute atomic E-state index is 0.0348. The van der Waals surface area contributed by atoms with E-state index in [4.69, 9.17) is 15.0 Å². The van der Waals surface area contributed by atoms with Gasteiger partial charge in [0.25, 0.3) is 0 Å². The lowest BCUT2D eigenvalue weighted by molar-refractivity contribution is 0.953. The second-order valence-electron chi connectivity index (χ2n) is 14.4. The highest BCUT2D eigenvalue weighted by molar-refractivity contribution is 6.91. The molecule has 0 saturated heterocycles. The van der Waals surface area contributed by atoms with Crippen molar-refractivity contribution < 1.29 is 0 Å². The van der Waals surface area contributed by atoms with Crippen LogP contribution < -0.4 is 15.7 Å². The molecule has 1 aliphatic heterocycles. The number of anilines is 2. The highest BCUT2D eigenvalue weighted by Gasteiger charge is 2.37. The van der Waals surface area contributed by atoms with E-state index in [0.29, 0.717) is 17.6 Å². The van der Waals surface area contributed by atoms with Gasteiger partial charge in [0.2, 0.25) is 5.95 Å². The second kappa shape index (κ2) is 13.6. The summed E-state index contributed by atoms with van der Waals surface area (Å²) in [6.07, 6.45) is 0. The van der Waals surface area contributed by atoms with Gasteiger partial charge in [0.05, 0.1) is 11.0 Å². The SMILES string of the molecule is c1ccc(B2c3ccccc3-c3ccccc3N2c2ccccc2-c2cccc(-c3nc(-c4ccccc4)nc(-n4c5ccccc5c5ccccc54)n3)c2)cc1. The molecule has 0 unspecified atom stereocenters. The fraction of sp³-hybridized carbons (Fsp3) is 0. The summed E-state index contributed by atoms with van der Waals surface area (Å²) in [4.78, 5) is 18.1. The average Bonchev–Trinajstić information content (AvgIpc) is 3.63. The molecule has 5 nitrogen and oxygen atoms in total. The summed E-state index contributed by atoms with van der Waals surface area (Å²) < 4.78 is 2.16. The molecule has 0 aliphatic carbocycles. The van der Waals surface area contributed by atoms with E-state index in [2.05, 4.69) is 197 Å². The topological polar surface area (TPSA) is 46.8 Å². The van der Waals surface area contributed by atoms with E-state index in [9.17, 15) is 0 Å². The minimum Gasteiger partial charge on any atom is -0.376 e. The molecule has 0 atom stereocenters. The van der Waals surface area contributed by atoms with Gasteiger partial charge in [-0.15, -0.1) is 0 Å². The van der Waals surface area contributed by atoms with Gasteiger partial charge in [-0.05, 0) is 46.9 Å². The summed E-state index contributed by atoms with van der Waals surface area (Å²) in [6.45, 7) is -0.0348. The normalized spacial score (nSPS) is 12.1. The Hall–Kier alpha value is -7.57. The number of rotatable bonds is 6. The van der Waals surface area contributed by atoms with Crippen molar-refractivity contribution in [2.45, 2.75) is 0 Å². The van der Waals surface area contributed by atoms with Crippen LogP contribution in [0.3, 0.4) is 0 Å². The maximum Gasteiger partial charge on any atom is 0.328 e. The van der Waals surface area contributed by atoms with Gasteiger partial charge < -0.3 is 4.81 Å². The first-order chi connectivity index (χ1) is 28.3. The Morgan fingerprint density at radius 3 is 1.60 bits per heavy atom. The van der Waals surface area contributed by atoms with Crippen LogP contribution in [0.4, 0.5) is 11.4 Å². The van der Waals surface area contributed by atoms with Gasteiger partial charge in [0.15, 0.2) is 11.6 Å². The third kappa shape index (κ3) is 5.53. The molecule has 57 heavy (non-hydrogen) atoms. The molecule has 266 valence electrons. The predicted molar refractivity (Wildman–Crippen MR) is 236 cm³/mol. The standard InChI is InChI=1S/C51H34BN5/c1-3-18-35(19-4-1)49-53-50(55-51(54-49)56-45-30-13-9-27-42(45)43-28-10-14-31-46(43)56)37-21-17-20-36(34-37)39-24-8-15-32-47(39)57-48-33-16-11-26-41(48)40-25-7-12-29-44(40)52(57)38-22-5-2-6-23-38/h1-34H. The molecule has 0 N–H and O–H groups in total. The van der Waals surface area contributed by atoms with Crippen molar-refractivity contribution in [2.24, 2.45) is 0 Å². The Kier molecular flexibility index (Phi) is 7.85. The minimum atomic E-state index is -0.0348. The lowest BCUT2D eigenvalue weighted by Crippen LogP contribution is -2.57. The Morgan fingerprint density at radius 2 is 0.877 bits per heavy atom. The first-order valence-corrected chi connectivity index (χ1v) is 19.3. The molecule has 0 amide bonds. The van der Waals surface area contributed by atoms with Crippen molar-refractivity contribution in [3.8, 4) is 51.0 Å². The Bertz CT molecular complexity index is 3050. The Balaban J connectivity index is 1.10. The summed E-state index contributed by atoms with van der Waals surface area (Å²) in [6, 6.07) is 72.9. The maximum absolute atomic E-state index is 5.26. The van der Waals surface area contributed by atoms with Gasteiger partial charge in [-0.3, -0.25) is 4.57 Å². The van der Waals surface area contributed by atoms with E-state index in [0.717, 1.165) is 49.7 Å². The molecule has 3 heterocycles. The van der Waals surface area contributed by atoms with Crippen molar-refractivity contribution in [3.63, 3.8) is 0 Å². The molecule has 0 radical (unpaired) electrons. The van der Waals surface area contributed by atoms with E-state index in [1.807, 2.05) is 18.2 Å². The molecule has 11 rings (SSSR count). The fourth-order valence-electron chi connectivity index (χ4n) is 8.61. The van der Waals surface area contributed by atoms with Gasteiger partial charge >= 0.3 is 6.85 Å². The zero-order valence-electron chi connectivity index (χ0n) is 30.9. The van der Waals surface area contributed by atoms with Crippen molar-refractivity contribution in [1.29, 1.82) is 0 Å². The summed E-state index contributed by atoms with van der Waals surface area (Å²) in [5.74, 6) is 1.81. The average molecular weight is 728 g/mol. The van der Waals surface area contributed by atoms with Crippen LogP contribution in [-0.4, -0.2) is 26.4 Å². The van der Waals surface area contributed by atoms with Crippen molar-refractivity contribution >= 4 is 51.0 Å². The van der Waals surface area contributed by atoms with Crippen LogP contribution in [0.15, 0.2) is 206 Å². The highest BCUT2D eigenvalue weighted by Crippen LogP contribution is 2.43. The zero-order chi connectivity index (χ0) is 37.7. The number of hydrogen-bond donors (Lipinski definition) is 0. The van der Waals surface area contributed by atoms with Crippen LogP contribution in [0, 0.1) is 0 Å². The lowest BCUT2D eigenvalue weighted by atomic mass is 9.45. The first kappa shape index (κ1) is 32.8. The van der Waals surface area contributed by atoms with E-state index < -0.39 is 0 Å². The summed E-state index contributed by atoms with van der Waals surface area (Å²) in [5.41, 5.74) is 13.4. The van der Waals surface area contributed by atoms with Gasteiger partial charge in [0.1, 0.15) is 0 Å². The molecule has 8 aromatic carbocycles. The van der Waals surface area contributed by atoms with E-state index >= 15 is 0 Å². The van der Waals surface area contributed by atoms with Gasteiger partial charge in [0, 0.05) is 44.4 Å². The monoisotopic (exact) mass is 727 g/mol. The number of benzene rings is 8. The number of fused-ring (bicyclic) bond motifs is 6. The molecule has 10 aromatic rings. The fourth-order valence-corrected chi connectivity index (χ4v) is 8.61. The molecule has 0 saturated carbocycles. The molecule has 6 heteroatoms. The number of para-hydroxylation sites is 4. The largest absolute Gasteiger partial charge is 0.376 e. The van der Waals surface area contributed by atoms with Crippen molar-refractivity contribution in [2.75, 3.05) is 4.81 Å². The van der Waals surface area contributed by atoms with Gasteiger partial charge in [-0.1, -0.05) is 181 Å². The number of hydrogen-bond acceptors (Lipinski definition) is 4. The van der Waals surface area contributed by atoms with Crippen LogP contribution in [-0.2, 0) is 0 Å². The smallest absolute Gasteiger partial charge is 0.328 e. The van der Waals surface area contributed by atoms with Crippen LogP contribution >= 0.6 is 0 Å². The third-order valence-electron chi connectivity index (χ3n) is 11.1. The summed E-state index contributed by atoms with van der Waals surface area (Å²) in [5, 5.41) is 2.32. The second-order valence-corrected chi connectivity index (χ2v) is 14.4. The number of nitrogens with zero attached hydrogens (tertiary/aromatic N) is 5. The lowest BCUT2D eigenvalue weighted by Gasteiger charge is -2.39. The third-order valence-corrected chi connectivity index (χ3v) is 11.1. The van der Waals surface area contributed by atoms with Crippen molar-refractivity contribution in [3.05, 3.63) is 206 Å². The Morgan fingerprint density at radius 1 is 0.368 bits per heavy atom. The molecule has 1 aliphatic rings. The molecule has 0 bridgehead atoms. The van der Waals surface area contributed by atoms with Crippen LogP contribution in [0.1, 0.15) is 0 Å². The highest BCUT2D eigenvalue weighted by atomic mass is 15.2. The molecule has 2 aromatic heterocycles. The van der Waals surface area contributed by atoms with Crippen molar-refractivity contribution in [1.82, 2.24) is 19.5 Å². The van der Waals surface area contributed by atoms with Crippen LogP contribution in [0.5, 0.6) is 0 Å². The maximum atomic E-state index is 5.26. The molecule has 0 fully saturated rings. The molecular weight excluding hydrogens is 693 g/mol. The van der Waals surface area contributed by atoms with Crippen LogP contribution in [0.2, 0.25) is 0 Å². The summed E-state index contributed by atoms with van der Waals surface area (Å²) in [7, 11) is 0. The first-order valence-electron chi connectivity index (χ1n) is 19.3. The molecule has 0 spiro atoms. The van der Waals surface area contributed by atoms with E-state index in [1.165, 1.54) is 27.7 Å². The van der Waals surface area contributed by atoms with E-state index in [1.54, 1.807) is 0 Å². The predicted octanol–water partition coefficient (Wildman–Crippen LogP) is 10.9. The van der Waals surface area contributed by atoms with E-state index in [-0.39, 0.29) is 6.85 Å².